The summed E-state index contributed by atoms with van der Waals surface area (Å²) >= 11 is 0. The van der Waals surface area contributed by atoms with Crippen molar-refractivity contribution in [3.8, 4) is 0 Å². The summed E-state index contributed by atoms with van der Waals surface area (Å²) in [6.07, 6.45) is 3.42. The van der Waals surface area contributed by atoms with Crippen LogP contribution in [0.15, 0.2) is 4.79 Å². The number of hydrogen-bond acceptors (Lipinski definition) is 3. The number of H-pyrrole nitrogens is 1. The SMILES string of the molecule is CCCCN1CCc2c(c(C)[nH]c(=O)c2CN)C1.Cl. The standard InChI is InChI=1S/C14H23N3O.ClH/c1-3-4-6-17-7-5-11-12(8-15)14(18)16-10(2)13(11)9-17;/h3-9,15H2,1-2H3,(H,16,18);1H. The first kappa shape index (κ1) is 16.2. The molecule has 0 aromatic carbocycles. The van der Waals surface area contributed by atoms with Crippen LogP contribution in [-0.4, -0.2) is 23.0 Å². The summed E-state index contributed by atoms with van der Waals surface area (Å²) in [6.45, 7) is 7.68. The van der Waals surface area contributed by atoms with Crippen molar-refractivity contribution in [1.29, 1.82) is 0 Å². The van der Waals surface area contributed by atoms with Crippen molar-refractivity contribution in [2.75, 3.05) is 13.1 Å². The third-order valence-corrected chi connectivity index (χ3v) is 3.85. The number of aromatic amines is 1. The molecule has 0 radical (unpaired) electrons. The molecule has 2 rings (SSSR count). The summed E-state index contributed by atoms with van der Waals surface area (Å²) in [5.41, 5.74) is 9.98. The minimum Gasteiger partial charge on any atom is -0.326 e. The van der Waals surface area contributed by atoms with Crippen molar-refractivity contribution in [3.63, 3.8) is 0 Å². The Morgan fingerprint density at radius 1 is 1.37 bits per heavy atom. The lowest BCUT2D eigenvalue weighted by Crippen LogP contribution is -2.35. The molecule has 0 spiro atoms. The molecule has 0 fully saturated rings. The average molecular weight is 286 g/mol. The van der Waals surface area contributed by atoms with Crippen molar-refractivity contribution < 1.29 is 0 Å². The maximum Gasteiger partial charge on any atom is 0.252 e. The number of halogens is 1. The van der Waals surface area contributed by atoms with Crippen LogP contribution in [0.25, 0.3) is 0 Å². The summed E-state index contributed by atoms with van der Waals surface area (Å²) in [4.78, 5) is 17.2. The Morgan fingerprint density at radius 3 is 2.74 bits per heavy atom. The van der Waals surface area contributed by atoms with Gasteiger partial charge in [-0.25, -0.2) is 0 Å². The molecule has 1 aromatic rings. The molecule has 4 nitrogen and oxygen atoms in total. The summed E-state index contributed by atoms with van der Waals surface area (Å²) in [6, 6.07) is 0. The van der Waals surface area contributed by atoms with Crippen LogP contribution in [0.3, 0.4) is 0 Å². The molecule has 1 aromatic heterocycles. The fourth-order valence-corrected chi connectivity index (χ4v) is 2.74. The molecule has 0 aliphatic carbocycles. The van der Waals surface area contributed by atoms with Gasteiger partial charge in [0.25, 0.3) is 5.56 Å². The van der Waals surface area contributed by atoms with Crippen molar-refractivity contribution in [2.24, 2.45) is 5.73 Å². The van der Waals surface area contributed by atoms with Crippen LogP contribution in [0.2, 0.25) is 0 Å². The van der Waals surface area contributed by atoms with Crippen molar-refractivity contribution in [1.82, 2.24) is 9.88 Å². The summed E-state index contributed by atoms with van der Waals surface area (Å²) in [5, 5.41) is 0. The zero-order valence-corrected chi connectivity index (χ0v) is 12.6. The molecule has 0 amide bonds. The molecular weight excluding hydrogens is 262 g/mol. The van der Waals surface area contributed by atoms with Gasteiger partial charge in [0.1, 0.15) is 0 Å². The van der Waals surface area contributed by atoms with Gasteiger partial charge in [-0.3, -0.25) is 9.69 Å². The van der Waals surface area contributed by atoms with Gasteiger partial charge in [-0.15, -0.1) is 12.4 Å². The quantitative estimate of drug-likeness (QED) is 0.885. The highest BCUT2D eigenvalue weighted by molar-refractivity contribution is 5.85. The molecular formula is C14H24ClN3O. The highest BCUT2D eigenvalue weighted by atomic mass is 35.5. The van der Waals surface area contributed by atoms with E-state index in [9.17, 15) is 4.79 Å². The Bertz CT molecular complexity index is 484. The highest BCUT2D eigenvalue weighted by Gasteiger charge is 2.21. The fraction of sp³-hybridized carbons (Fsp3) is 0.643. The number of nitrogens with zero attached hydrogens (tertiary/aromatic N) is 1. The van der Waals surface area contributed by atoms with Gasteiger partial charge in [0.05, 0.1) is 0 Å². The Kier molecular flexibility index (Phi) is 6.04. The molecule has 108 valence electrons. The van der Waals surface area contributed by atoms with E-state index in [-0.39, 0.29) is 18.0 Å². The number of rotatable bonds is 4. The van der Waals surface area contributed by atoms with Gasteiger partial charge < -0.3 is 10.7 Å². The number of nitrogens with two attached hydrogens (primary N) is 1. The van der Waals surface area contributed by atoms with E-state index >= 15 is 0 Å². The van der Waals surface area contributed by atoms with Crippen LogP contribution < -0.4 is 11.3 Å². The van der Waals surface area contributed by atoms with Crippen LogP contribution in [0.1, 0.15) is 42.1 Å². The molecule has 0 bridgehead atoms. The predicted octanol–water partition coefficient (Wildman–Crippen LogP) is 1.72. The van der Waals surface area contributed by atoms with Gasteiger partial charge in [-0.05, 0) is 37.4 Å². The lowest BCUT2D eigenvalue weighted by molar-refractivity contribution is 0.248. The Hall–Kier alpha value is -0.840. The van der Waals surface area contributed by atoms with E-state index in [0.717, 1.165) is 37.3 Å². The van der Waals surface area contributed by atoms with Gasteiger partial charge in [0.2, 0.25) is 0 Å². The van der Waals surface area contributed by atoms with E-state index in [0.29, 0.717) is 6.54 Å². The Morgan fingerprint density at radius 2 is 2.11 bits per heavy atom. The van der Waals surface area contributed by atoms with E-state index in [2.05, 4.69) is 16.8 Å². The molecule has 0 saturated heterocycles. The number of nitrogens with one attached hydrogen (secondary N) is 1. The van der Waals surface area contributed by atoms with Gasteiger partial charge in [0.15, 0.2) is 0 Å². The molecule has 19 heavy (non-hydrogen) atoms. The Balaban J connectivity index is 0.00000180. The first-order valence-electron chi connectivity index (χ1n) is 6.83. The number of hydrogen-bond donors (Lipinski definition) is 2. The first-order chi connectivity index (χ1) is 8.67. The molecule has 3 N–H and O–H groups in total. The van der Waals surface area contributed by atoms with Crippen molar-refractivity contribution in [2.45, 2.75) is 46.2 Å². The van der Waals surface area contributed by atoms with E-state index < -0.39 is 0 Å². The molecule has 0 atom stereocenters. The summed E-state index contributed by atoms with van der Waals surface area (Å²) < 4.78 is 0. The average Bonchev–Trinajstić information content (AvgIpc) is 2.37. The maximum absolute atomic E-state index is 11.8. The second-order valence-corrected chi connectivity index (χ2v) is 5.10. The molecule has 2 heterocycles. The van der Waals surface area contributed by atoms with E-state index in [1.165, 1.54) is 24.0 Å². The van der Waals surface area contributed by atoms with E-state index in [4.69, 9.17) is 5.73 Å². The number of unbranched alkanes of at least 4 members (excludes halogenated alkanes) is 1. The van der Waals surface area contributed by atoms with Crippen LogP contribution in [0, 0.1) is 6.92 Å². The van der Waals surface area contributed by atoms with Gasteiger partial charge in [-0.1, -0.05) is 13.3 Å². The molecule has 0 saturated carbocycles. The van der Waals surface area contributed by atoms with Crippen LogP contribution in [0.5, 0.6) is 0 Å². The topological polar surface area (TPSA) is 62.1 Å². The van der Waals surface area contributed by atoms with Crippen molar-refractivity contribution in [3.05, 3.63) is 32.7 Å². The number of aromatic nitrogens is 1. The smallest absolute Gasteiger partial charge is 0.252 e. The van der Waals surface area contributed by atoms with Crippen LogP contribution in [0.4, 0.5) is 0 Å². The molecule has 1 aliphatic rings. The monoisotopic (exact) mass is 285 g/mol. The van der Waals surface area contributed by atoms with Crippen LogP contribution >= 0.6 is 12.4 Å². The maximum atomic E-state index is 11.8. The number of fused-ring (bicyclic) bond motifs is 1. The number of pyridine rings is 1. The Labute approximate surface area is 120 Å². The minimum atomic E-state index is -0.00393. The van der Waals surface area contributed by atoms with E-state index in [1.807, 2.05) is 6.92 Å². The van der Waals surface area contributed by atoms with E-state index in [1.54, 1.807) is 0 Å². The fourth-order valence-electron chi connectivity index (χ4n) is 2.74. The second-order valence-electron chi connectivity index (χ2n) is 5.10. The lowest BCUT2D eigenvalue weighted by atomic mass is 9.94. The first-order valence-corrected chi connectivity index (χ1v) is 6.83. The lowest BCUT2D eigenvalue weighted by Gasteiger charge is -2.30. The zero-order chi connectivity index (χ0) is 13.1. The molecule has 1 aliphatic heterocycles. The van der Waals surface area contributed by atoms with Gasteiger partial charge >= 0.3 is 0 Å². The molecule has 5 heteroatoms. The van der Waals surface area contributed by atoms with Crippen LogP contribution in [-0.2, 0) is 19.5 Å². The highest BCUT2D eigenvalue weighted by Crippen LogP contribution is 2.22. The number of aryl methyl sites for hydroxylation is 1. The summed E-state index contributed by atoms with van der Waals surface area (Å²) in [5.74, 6) is 0. The second kappa shape index (κ2) is 7.08. The predicted molar refractivity (Wildman–Crippen MR) is 80.8 cm³/mol. The zero-order valence-electron chi connectivity index (χ0n) is 11.8. The third kappa shape index (κ3) is 3.38. The normalized spacial score (nSPS) is 14.9. The minimum absolute atomic E-state index is 0. The third-order valence-electron chi connectivity index (χ3n) is 3.85. The largest absolute Gasteiger partial charge is 0.326 e. The summed E-state index contributed by atoms with van der Waals surface area (Å²) in [7, 11) is 0. The van der Waals surface area contributed by atoms with Gasteiger partial charge in [-0.2, -0.15) is 0 Å². The molecule has 0 unspecified atom stereocenters. The van der Waals surface area contributed by atoms with Crippen molar-refractivity contribution >= 4 is 12.4 Å². The van der Waals surface area contributed by atoms with Gasteiger partial charge in [0, 0.05) is 30.9 Å².